The fourth-order valence-corrected chi connectivity index (χ4v) is 2.93. The molecule has 0 fully saturated rings. The Balaban J connectivity index is 0.00000312. The Kier molecular flexibility index (Phi) is 9.25. The molecule has 0 bridgehead atoms. The van der Waals surface area contributed by atoms with Gasteiger partial charge in [0.05, 0.1) is 5.92 Å². The van der Waals surface area contributed by atoms with Crippen LogP contribution in [0.4, 0.5) is 0 Å². The van der Waals surface area contributed by atoms with Gasteiger partial charge in [-0.1, -0.05) is 74.5 Å². The van der Waals surface area contributed by atoms with Gasteiger partial charge in [0, 0.05) is 20.1 Å². The Morgan fingerprint density at radius 2 is 1.28 bits per heavy atom. The maximum atomic E-state index is 13.1. The van der Waals surface area contributed by atoms with E-state index in [-0.39, 0.29) is 24.2 Å². The molecule has 0 atom stereocenters. The number of hydrogen-bond acceptors (Lipinski definition) is 2. The van der Waals surface area contributed by atoms with Crippen LogP contribution in [0.15, 0.2) is 60.7 Å². The number of rotatable bonds is 8. The summed E-state index contributed by atoms with van der Waals surface area (Å²) in [6.45, 7) is 7.99. The maximum Gasteiger partial charge on any atom is 0.234 e. The number of nitrogens with zero attached hydrogens (tertiary/aromatic N) is 2. The molecule has 3 nitrogen and oxygen atoms in total. The molecule has 2 aromatic rings. The van der Waals surface area contributed by atoms with Crippen LogP contribution in [0, 0.1) is 0 Å². The van der Waals surface area contributed by atoms with Crippen molar-refractivity contribution in [3.8, 4) is 0 Å². The van der Waals surface area contributed by atoms with Crippen molar-refractivity contribution in [1.29, 1.82) is 0 Å². The lowest BCUT2D eigenvalue weighted by Crippen LogP contribution is -2.38. The van der Waals surface area contributed by atoms with Gasteiger partial charge in [-0.2, -0.15) is 0 Å². The van der Waals surface area contributed by atoms with Crippen molar-refractivity contribution in [2.45, 2.75) is 19.8 Å². The van der Waals surface area contributed by atoms with Gasteiger partial charge in [0.1, 0.15) is 0 Å². The standard InChI is InChI=1S/C21H28N2O.ClH/c1-4-23(5-2)17-16-22(3)21(24)20(18-12-8-6-9-13-18)19-14-10-7-11-15-19;/h6-15,20H,4-5,16-17H2,1-3H3;1H. The molecule has 0 spiro atoms. The molecule has 0 N–H and O–H groups in total. The first-order valence-electron chi connectivity index (χ1n) is 8.74. The van der Waals surface area contributed by atoms with E-state index >= 15 is 0 Å². The molecular weight excluding hydrogens is 332 g/mol. The summed E-state index contributed by atoms with van der Waals surface area (Å²) in [5.41, 5.74) is 2.09. The molecule has 0 unspecified atom stereocenters. The van der Waals surface area contributed by atoms with Crippen molar-refractivity contribution in [2.75, 3.05) is 33.2 Å². The highest BCUT2D eigenvalue weighted by atomic mass is 35.5. The third kappa shape index (κ3) is 5.87. The Labute approximate surface area is 158 Å². The van der Waals surface area contributed by atoms with Crippen LogP contribution in [-0.4, -0.2) is 48.9 Å². The summed E-state index contributed by atoms with van der Waals surface area (Å²) in [5, 5.41) is 0. The number of amides is 1. The molecule has 0 aliphatic carbocycles. The van der Waals surface area contributed by atoms with E-state index in [2.05, 4.69) is 18.7 Å². The molecule has 0 saturated carbocycles. The monoisotopic (exact) mass is 360 g/mol. The first-order chi connectivity index (χ1) is 11.7. The van der Waals surface area contributed by atoms with E-state index in [1.54, 1.807) is 0 Å². The minimum Gasteiger partial charge on any atom is -0.344 e. The van der Waals surface area contributed by atoms with Gasteiger partial charge in [-0.05, 0) is 24.2 Å². The summed E-state index contributed by atoms with van der Waals surface area (Å²) in [6, 6.07) is 20.1. The lowest BCUT2D eigenvalue weighted by molar-refractivity contribution is -0.130. The molecule has 4 heteroatoms. The zero-order chi connectivity index (χ0) is 17.4. The third-order valence-electron chi connectivity index (χ3n) is 4.54. The highest BCUT2D eigenvalue weighted by molar-refractivity contribution is 5.87. The van der Waals surface area contributed by atoms with E-state index in [9.17, 15) is 4.79 Å². The van der Waals surface area contributed by atoms with E-state index in [1.807, 2.05) is 72.6 Å². The number of halogens is 1. The minimum atomic E-state index is -0.242. The molecule has 0 saturated heterocycles. The van der Waals surface area contributed by atoms with Crippen LogP contribution in [0.3, 0.4) is 0 Å². The minimum absolute atomic E-state index is 0. The van der Waals surface area contributed by atoms with Crippen LogP contribution in [0.25, 0.3) is 0 Å². The topological polar surface area (TPSA) is 23.6 Å². The summed E-state index contributed by atoms with van der Waals surface area (Å²) < 4.78 is 0. The average Bonchev–Trinajstić information content (AvgIpc) is 2.64. The van der Waals surface area contributed by atoms with Crippen molar-refractivity contribution in [2.24, 2.45) is 0 Å². The second-order valence-corrected chi connectivity index (χ2v) is 6.04. The molecule has 25 heavy (non-hydrogen) atoms. The Bertz CT molecular complexity index is 575. The Morgan fingerprint density at radius 3 is 1.68 bits per heavy atom. The lowest BCUT2D eigenvalue weighted by atomic mass is 9.90. The lowest BCUT2D eigenvalue weighted by Gasteiger charge is -2.27. The first-order valence-corrected chi connectivity index (χ1v) is 8.74. The molecule has 1 amide bonds. The zero-order valence-corrected chi connectivity index (χ0v) is 16.2. The molecule has 0 radical (unpaired) electrons. The van der Waals surface area contributed by atoms with Crippen LogP contribution in [-0.2, 0) is 4.79 Å². The summed E-state index contributed by atoms with van der Waals surface area (Å²) in [7, 11) is 1.91. The predicted molar refractivity (Wildman–Crippen MR) is 107 cm³/mol. The van der Waals surface area contributed by atoms with Crippen molar-refractivity contribution in [3.63, 3.8) is 0 Å². The number of likely N-dealkylation sites (N-methyl/N-ethyl adjacent to an activating group) is 2. The van der Waals surface area contributed by atoms with Gasteiger partial charge in [-0.3, -0.25) is 4.79 Å². The fourth-order valence-electron chi connectivity index (χ4n) is 2.93. The van der Waals surface area contributed by atoms with E-state index in [0.717, 1.165) is 37.3 Å². The molecule has 0 aliphatic heterocycles. The number of carbonyl (C=O) groups is 1. The van der Waals surface area contributed by atoms with Crippen molar-refractivity contribution < 1.29 is 4.79 Å². The Morgan fingerprint density at radius 1 is 0.840 bits per heavy atom. The average molecular weight is 361 g/mol. The SMILES string of the molecule is CCN(CC)CCN(C)C(=O)C(c1ccccc1)c1ccccc1.Cl. The third-order valence-corrected chi connectivity index (χ3v) is 4.54. The van der Waals surface area contributed by atoms with Gasteiger partial charge in [0.25, 0.3) is 0 Å². The van der Waals surface area contributed by atoms with Crippen molar-refractivity contribution in [3.05, 3.63) is 71.8 Å². The second kappa shape index (κ2) is 10.9. The summed E-state index contributed by atoms with van der Waals surface area (Å²) in [5.74, 6) is -0.0892. The van der Waals surface area contributed by atoms with Gasteiger partial charge >= 0.3 is 0 Å². The summed E-state index contributed by atoms with van der Waals surface area (Å²) in [6.07, 6.45) is 0. The largest absolute Gasteiger partial charge is 0.344 e. The van der Waals surface area contributed by atoms with Crippen molar-refractivity contribution >= 4 is 18.3 Å². The Hall–Kier alpha value is -1.84. The number of carbonyl (C=O) groups excluding carboxylic acids is 1. The maximum absolute atomic E-state index is 13.1. The highest BCUT2D eigenvalue weighted by Gasteiger charge is 2.25. The number of hydrogen-bond donors (Lipinski definition) is 0. The smallest absolute Gasteiger partial charge is 0.234 e. The molecular formula is C21H29ClN2O. The predicted octanol–water partition coefficient (Wildman–Crippen LogP) is 4.04. The first kappa shape index (κ1) is 21.2. The van der Waals surface area contributed by atoms with Crippen LogP contribution >= 0.6 is 12.4 Å². The van der Waals surface area contributed by atoms with E-state index in [0.29, 0.717) is 0 Å². The molecule has 2 aromatic carbocycles. The second-order valence-electron chi connectivity index (χ2n) is 6.04. The highest BCUT2D eigenvalue weighted by Crippen LogP contribution is 2.26. The summed E-state index contributed by atoms with van der Waals surface area (Å²) in [4.78, 5) is 17.3. The van der Waals surface area contributed by atoms with Gasteiger partial charge in [-0.15, -0.1) is 12.4 Å². The molecule has 0 aromatic heterocycles. The zero-order valence-electron chi connectivity index (χ0n) is 15.4. The molecule has 2 rings (SSSR count). The molecule has 0 heterocycles. The van der Waals surface area contributed by atoms with Gasteiger partial charge in [0.2, 0.25) is 5.91 Å². The van der Waals surface area contributed by atoms with Gasteiger partial charge in [-0.25, -0.2) is 0 Å². The van der Waals surface area contributed by atoms with Crippen LogP contribution in [0.1, 0.15) is 30.9 Å². The van der Waals surface area contributed by atoms with Crippen LogP contribution in [0.2, 0.25) is 0 Å². The van der Waals surface area contributed by atoms with Crippen LogP contribution < -0.4 is 0 Å². The number of benzene rings is 2. The van der Waals surface area contributed by atoms with E-state index < -0.39 is 0 Å². The van der Waals surface area contributed by atoms with E-state index in [1.165, 1.54) is 0 Å². The fraction of sp³-hybridized carbons (Fsp3) is 0.381. The van der Waals surface area contributed by atoms with Gasteiger partial charge in [0.15, 0.2) is 0 Å². The van der Waals surface area contributed by atoms with Gasteiger partial charge < -0.3 is 9.80 Å². The van der Waals surface area contributed by atoms with Crippen LogP contribution in [0.5, 0.6) is 0 Å². The summed E-state index contributed by atoms with van der Waals surface area (Å²) >= 11 is 0. The normalized spacial score (nSPS) is 10.6. The van der Waals surface area contributed by atoms with E-state index in [4.69, 9.17) is 0 Å². The molecule has 136 valence electrons. The van der Waals surface area contributed by atoms with Crippen molar-refractivity contribution in [1.82, 2.24) is 9.80 Å². The quantitative estimate of drug-likeness (QED) is 0.709. The molecule has 0 aliphatic rings.